The van der Waals surface area contributed by atoms with Gasteiger partial charge in [0.1, 0.15) is 5.82 Å². The Bertz CT molecular complexity index is 701. The molecule has 5 rings (SSSR count). The summed E-state index contributed by atoms with van der Waals surface area (Å²) in [6.45, 7) is 8.09. The minimum Gasteiger partial charge on any atom is -0.334 e. The highest BCUT2D eigenvalue weighted by Gasteiger charge is 2.63. The molecule has 0 radical (unpaired) electrons. The first-order valence-electron chi connectivity index (χ1n) is 10.9. The molecule has 2 saturated heterocycles. The van der Waals surface area contributed by atoms with Crippen LogP contribution >= 0.6 is 0 Å². The second-order valence-electron chi connectivity index (χ2n) is 9.30. The van der Waals surface area contributed by atoms with Crippen LogP contribution in [0.2, 0.25) is 0 Å². The Morgan fingerprint density at radius 3 is 2.48 bits per heavy atom. The largest absolute Gasteiger partial charge is 0.334 e. The summed E-state index contributed by atoms with van der Waals surface area (Å²) in [5, 5.41) is 6.94. The molecule has 0 unspecified atom stereocenters. The van der Waals surface area contributed by atoms with E-state index in [9.17, 15) is 4.79 Å². The van der Waals surface area contributed by atoms with Crippen LogP contribution in [0.1, 0.15) is 51.3 Å². The summed E-state index contributed by atoms with van der Waals surface area (Å²) in [5.74, 6) is 1.72. The van der Waals surface area contributed by atoms with Gasteiger partial charge >= 0.3 is 0 Å². The smallest absolute Gasteiger partial charge is 0.226 e. The highest BCUT2D eigenvalue weighted by atomic mass is 16.2. The first-order chi connectivity index (χ1) is 13.2. The molecule has 6 nitrogen and oxygen atoms in total. The Kier molecular flexibility index (Phi) is 4.32. The number of hydrogen-bond acceptors (Lipinski definition) is 4. The highest BCUT2D eigenvalue weighted by Crippen LogP contribution is 2.62. The van der Waals surface area contributed by atoms with Gasteiger partial charge in [-0.2, -0.15) is 0 Å². The average molecular weight is 372 g/mol. The van der Waals surface area contributed by atoms with E-state index in [-0.39, 0.29) is 5.92 Å². The minimum absolute atomic E-state index is 0.254. The molecule has 4 fully saturated rings. The van der Waals surface area contributed by atoms with Crippen LogP contribution in [0.15, 0.2) is 12.4 Å². The van der Waals surface area contributed by atoms with Crippen molar-refractivity contribution in [2.45, 2.75) is 64.6 Å². The van der Waals surface area contributed by atoms with Gasteiger partial charge in [-0.3, -0.25) is 4.79 Å². The molecule has 2 spiro atoms. The van der Waals surface area contributed by atoms with E-state index >= 15 is 0 Å². The Hall–Kier alpha value is -1.40. The molecule has 1 aromatic rings. The molecule has 2 aliphatic carbocycles. The van der Waals surface area contributed by atoms with Crippen molar-refractivity contribution < 1.29 is 4.79 Å². The molecule has 148 valence electrons. The predicted molar refractivity (Wildman–Crippen MR) is 104 cm³/mol. The van der Waals surface area contributed by atoms with Gasteiger partial charge in [-0.15, -0.1) is 0 Å². The molecule has 4 aliphatic rings. The lowest BCUT2D eigenvalue weighted by atomic mass is 9.91. The van der Waals surface area contributed by atoms with Gasteiger partial charge in [0.05, 0.1) is 6.54 Å². The maximum Gasteiger partial charge on any atom is 0.226 e. The maximum absolute atomic E-state index is 13.7. The van der Waals surface area contributed by atoms with Gasteiger partial charge in [0.15, 0.2) is 0 Å². The molecule has 2 aliphatic heterocycles. The number of nitrogens with one attached hydrogen (secondary N) is 2. The van der Waals surface area contributed by atoms with E-state index in [1.54, 1.807) is 0 Å². The van der Waals surface area contributed by atoms with Gasteiger partial charge in [-0.05, 0) is 82.5 Å². The van der Waals surface area contributed by atoms with Gasteiger partial charge in [0, 0.05) is 30.9 Å². The number of aromatic nitrogens is 2. The standard InChI is InChI=1S/C21H33N5O/c1-2-25-12-11-24-18(25)15-26(17-14-21(17)5-9-23-10-6-21)19(27)16-13-20(16)3-7-22-8-4-20/h11-12,16-17,22-23H,2-10,13-15H2,1H3/t16-,17+/m1/s1. The number of imidazole rings is 1. The molecular formula is C21H33N5O. The van der Waals surface area contributed by atoms with Crippen LogP contribution in [-0.2, 0) is 17.9 Å². The van der Waals surface area contributed by atoms with Crippen molar-refractivity contribution in [3.8, 4) is 0 Å². The lowest BCUT2D eigenvalue weighted by molar-refractivity contribution is -0.135. The topological polar surface area (TPSA) is 62.2 Å². The molecule has 3 heterocycles. The number of amides is 1. The molecule has 1 aromatic heterocycles. The molecule has 27 heavy (non-hydrogen) atoms. The van der Waals surface area contributed by atoms with Crippen LogP contribution in [0.5, 0.6) is 0 Å². The van der Waals surface area contributed by atoms with E-state index < -0.39 is 0 Å². The zero-order chi connectivity index (χ0) is 18.5. The molecule has 0 bridgehead atoms. The second-order valence-corrected chi connectivity index (χ2v) is 9.30. The summed E-state index contributed by atoms with van der Waals surface area (Å²) in [5.41, 5.74) is 0.678. The van der Waals surface area contributed by atoms with E-state index in [0.717, 1.165) is 45.0 Å². The summed E-state index contributed by atoms with van der Waals surface area (Å²) in [4.78, 5) is 20.5. The normalized spacial score (nSPS) is 30.4. The fourth-order valence-corrected chi connectivity index (χ4v) is 5.88. The van der Waals surface area contributed by atoms with Crippen molar-refractivity contribution in [2.24, 2.45) is 16.7 Å². The highest BCUT2D eigenvalue weighted by molar-refractivity contribution is 5.83. The fourth-order valence-electron chi connectivity index (χ4n) is 5.88. The van der Waals surface area contributed by atoms with Gasteiger partial charge < -0.3 is 20.1 Å². The second kappa shape index (κ2) is 6.59. The number of hydrogen-bond donors (Lipinski definition) is 2. The Morgan fingerprint density at radius 2 is 1.81 bits per heavy atom. The van der Waals surface area contributed by atoms with Gasteiger partial charge in [0.2, 0.25) is 5.91 Å². The number of nitrogens with zero attached hydrogens (tertiary/aromatic N) is 3. The van der Waals surface area contributed by atoms with E-state index in [4.69, 9.17) is 0 Å². The van der Waals surface area contributed by atoms with Crippen LogP contribution < -0.4 is 10.6 Å². The van der Waals surface area contributed by atoms with Crippen LogP contribution in [0, 0.1) is 16.7 Å². The SMILES string of the molecule is CCn1ccnc1CN(C(=O)[C@H]1CC12CCNCC2)[C@H]1CC12CCNCC2. The molecule has 2 N–H and O–H groups in total. The Balaban J connectivity index is 1.36. The van der Waals surface area contributed by atoms with Crippen molar-refractivity contribution >= 4 is 5.91 Å². The number of rotatable bonds is 5. The summed E-state index contributed by atoms with van der Waals surface area (Å²) in [6, 6.07) is 0.425. The summed E-state index contributed by atoms with van der Waals surface area (Å²) >= 11 is 0. The van der Waals surface area contributed by atoms with Gasteiger partial charge in [-0.25, -0.2) is 4.98 Å². The summed E-state index contributed by atoms with van der Waals surface area (Å²) < 4.78 is 2.19. The van der Waals surface area contributed by atoms with Crippen molar-refractivity contribution in [3.63, 3.8) is 0 Å². The fraction of sp³-hybridized carbons (Fsp3) is 0.810. The van der Waals surface area contributed by atoms with Crippen LogP contribution in [0.4, 0.5) is 0 Å². The molecule has 1 amide bonds. The molecular weight excluding hydrogens is 338 g/mol. The minimum atomic E-state index is 0.254. The van der Waals surface area contributed by atoms with Crippen molar-refractivity contribution in [1.29, 1.82) is 0 Å². The van der Waals surface area contributed by atoms with E-state index in [0.29, 0.717) is 29.3 Å². The van der Waals surface area contributed by atoms with Crippen LogP contribution in [0.3, 0.4) is 0 Å². The molecule has 0 aromatic carbocycles. The number of carbonyl (C=O) groups excluding carboxylic acids is 1. The summed E-state index contributed by atoms with van der Waals surface area (Å²) in [7, 11) is 0. The van der Waals surface area contributed by atoms with Crippen LogP contribution in [-0.4, -0.2) is 52.6 Å². The monoisotopic (exact) mass is 371 g/mol. The third kappa shape index (κ3) is 3.01. The third-order valence-corrected chi connectivity index (χ3v) is 7.95. The Labute approximate surface area is 162 Å². The molecule has 2 atom stereocenters. The maximum atomic E-state index is 13.7. The van der Waals surface area contributed by atoms with Gasteiger partial charge in [0.25, 0.3) is 0 Å². The first-order valence-corrected chi connectivity index (χ1v) is 10.9. The van der Waals surface area contributed by atoms with E-state index in [1.807, 2.05) is 12.4 Å². The van der Waals surface area contributed by atoms with E-state index in [1.165, 1.54) is 32.1 Å². The average Bonchev–Trinajstić information content (AvgIpc) is 3.51. The van der Waals surface area contributed by atoms with Crippen molar-refractivity contribution in [3.05, 3.63) is 18.2 Å². The zero-order valence-electron chi connectivity index (χ0n) is 16.5. The predicted octanol–water partition coefficient (Wildman–Crippen LogP) is 1.76. The number of aryl methyl sites for hydroxylation is 1. The third-order valence-electron chi connectivity index (χ3n) is 7.95. The van der Waals surface area contributed by atoms with Crippen molar-refractivity contribution in [2.75, 3.05) is 26.2 Å². The quantitative estimate of drug-likeness (QED) is 0.828. The van der Waals surface area contributed by atoms with Crippen LogP contribution in [0.25, 0.3) is 0 Å². The van der Waals surface area contributed by atoms with Crippen molar-refractivity contribution in [1.82, 2.24) is 25.1 Å². The Morgan fingerprint density at radius 1 is 1.15 bits per heavy atom. The summed E-state index contributed by atoms with van der Waals surface area (Å²) in [6.07, 6.45) is 11.0. The number of carbonyl (C=O) groups is 1. The number of piperidine rings is 2. The molecule has 2 saturated carbocycles. The lowest BCUT2D eigenvalue weighted by Crippen LogP contribution is -2.41. The molecule has 6 heteroatoms. The first kappa shape index (κ1) is 17.7. The lowest BCUT2D eigenvalue weighted by Gasteiger charge is -2.31. The van der Waals surface area contributed by atoms with E-state index in [2.05, 4.69) is 32.0 Å². The zero-order valence-corrected chi connectivity index (χ0v) is 16.5. The van der Waals surface area contributed by atoms with Gasteiger partial charge in [-0.1, -0.05) is 0 Å².